The highest BCUT2D eigenvalue weighted by Gasteiger charge is 2.28. The van der Waals surface area contributed by atoms with E-state index in [2.05, 4.69) is 27.6 Å². The van der Waals surface area contributed by atoms with Gasteiger partial charge in [0.1, 0.15) is 11.3 Å². The van der Waals surface area contributed by atoms with Crippen LogP contribution < -0.4 is 0 Å². The van der Waals surface area contributed by atoms with Crippen LogP contribution in [0.3, 0.4) is 0 Å². The molecule has 5 nitrogen and oxygen atoms in total. The van der Waals surface area contributed by atoms with Crippen molar-refractivity contribution in [3.8, 4) is 0 Å². The van der Waals surface area contributed by atoms with Crippen LogP contribution in [-0.4, -0.2) is 46.2 Å². The van der Waals surface area contributed by atoms with Crippen molar-refractivity contribution in [2.24, 2.45) is 5.92 Å². The zero-order chi connectivity index (χ0) is 14.9. The molecular formula is C17H24N4O. The summed E-state index contributed by atoms with van der Waals surface area (Å²) in [5.41, 5.74) is 2.05. The first kappa shape index (κ1) is 14.2. The van der Waals surface area contributed by atoms with Crippen molar-refractivity contribution in [3.05, 3.63) is 24.2 Å². The van der Waals surface area contributed by atoms with E-state index < -0.39 is 0 Å². The number of hydrogen-bond acceptors (Lipinski definition) is 4. The standard InChI is InChI=1S/C17H24N4O/c1-20-9-3-2-6-15(20)17-19-14-5-4-8-18-16(14)21(17)11-13-7-10-22-12-13/h4-5,8,13,15H,2-3,6-7,9-12H2,1H3. The summed E-state index contributed by atoms with van der Waals surface area (Å²) in [6.45, 7) is 3.90. The SMILES string of the molecule is CN1CCCCC1c1nc2cccnc2n1CC1CCOC1. The van der Waals surface area contributed by atoms with Gasteiger partial charge in [0.2, 0.25) is 0 Å². The molecule has 0 aliphatic carbocycles. The maximum atomic E-state index is 5.56. The molecule has 0 radical (unpaired) electrons. The van der Waals surface area contributed by atoms with E-state index in [9.17, 15) is 0 Å². The lowest BCUT2D eigenvalue weighted by atomic mass is 10.0. The Hall–Kier alpha value is -1.46. The van der Waals surface area contributed by atoms with Crippen LogP contribution in [0.25, 0.3) is 11.2 Å². The minimum absolute atomic E-state index is 0.422. The zero-order valence-electron chi connectivity index (χ0n) is 13.2. The Kier molecular flexibility index (Phi) is 3.84. The minimum atomic E-state index is 0.422. The Morgan fingerprint density at radius 1 is 1.32 bits per heavy atom. The summed E-state index contributed by atoms with van der Waals surface area (Å²) < 4.78 is 7.92. The number of fused-ring (bicyclic) bond motifs is 1. The number of ether oxygens (including phenoxy) is 1. The molecule has 0 bridgehead atoms. The number of rotatable bonds is 3. The van der Waals surface area contributed by atoms with Gasteiger partial charge < -0.3 is 9.30 Å². The summed E-state index contributed by atoms with van der Waals surface area (Å²) in [7, 11) is 2.22. The predicted octanol–water partition coefficient (Wildman–Crippen LogP) is 2.62. The molecule has 2 aromatic rings. The molecule has 22 heavy (non-hydrogen) atoms. The maximum absolute atomic E-state index is 5.56. The van der Waals surface area contributed by atoms with Crippen molar-refractivity contribution in [3.63, 3.8) is 0 Å². The van der Waals surface area contributed by atoms with Gasteiger partial charge in [0, 0.05) is 25.3 Å². The van der Waals surface area contributed by atoms with E-state index in [0.717, 1.165) is 43.9 Å². The van der Waals surface area contributed by atoms with Crippen LogP contribution in [0.1, 0.15) is 37.5 Å². The number of likely N-dealkylation sites (tertiary alicyclic amines) is 1. The number of piperidine rings is 1. The average molecular weight is 300 g/mol. The van der Waals surface area contributed by atoms with E-state index >= 15 is 0 Å². The monoisotopic (exact) mass is 300 g/mol. The Bertz CT molecular complexity index is 647. The first-order chi connectivity index (χ1) is 10.8. The fourth-order valence-corrected chi connectivity index (χ4v) is 3.80. The molecule has 118 valence electrons. The van der Waals surface area contributed by atoms with E-state index in [1.165, 1.54) is 25.1 Å². The van der Waals surface area contributed by atoms with E-state index in [0.29, 0.717) is 12.0 Å². The normalized spacial score (nSPS) is 26.8. The topological polar surface area (TPSA) is 43.2 Å². The molecular weight excluding hydrogens is 276 g/mol. The fourth-order valence-electron chi connectivity index (χ4n) is 3.80. The molecule has 2 aromatic heterocycles. The summed E-state index contributed by atoms with van der Waals surface area (Å²) in [6.07, 6.45) is 6.80. The molecule has 2 aliphatic heterocycles. The summed E-state index contributed by atoms with van der Waals surface area (Å²) in [5.74, 6) is 1.79. The predicted molar refractivity (Wildman–Crippen MR) is 85.7 cm³/mol. The Labute approximate surface area is 131 Å². The van der Waals surface area contributed by atoms with Crippen LogP contribution >= 0.6 is 0 Å². The first-order valence-electron chi connectivity index (χ1n) is 8.42. The highest BCUT2D eigenvalue weighted by atomic mass is 16.5. The minimum Gasteiger partial charge on any atom is -0.381 e. The van der Waals surface area contributed by atoms with E-state index in [4.69, 9.17) is 9.72 Å². The van der Waals surface area contributed by atoms with Gasteiger partial charge in [-0.1, -0.05) is 6.42 Å². The van der Waals surface area contributed by atoms with Gasteiger partial charge in [-0.2, -0.15) is 0 Å². The molecule has 2 atom stereocenters. The van der Waals surface area contributed by atoms with Crippen molar-refractivity contribution in [1.29, 1.82) is 0 Å². The molecule has 4 heterocycles. The molecule has 5 heteroatoms. The second-order valence-electron chi connectivity index (χ2n) is 6.65. The Morgan fingerprint density at radius 2 is 2.27 bits per heavy atom. The van der Waals surface area contributed by atoms with Crippen molar-refractivity contribution < 1.29 is 4.74 Å². The lowest BCUT2D eigenvalue weighted by Gasteiger charge is -2.32. The lowest BCUT2D eigenvalue weighted by molar-refractivity contribution is 0.169. The molecule has 0 N–H and O–H groups in total. The van der Waals surface area contributed by atoms with E-state index in [1.54, 1.807) is 0 Å². The largest absolute Gasteiger partial charge is 0.381 e. The fraction of sp³-hybridized carbons (Fsp3) is 0.647. The Balaban J connectivity index is 1.74. The van der Waals surface area contributed by atoms with Gasteiger partial charge >= 0.3 is 0 Å². The van der Waals surface area contributed by atoms with Crippen LogP contribution in [0, 0.1) is 5.92 Å². The zero-order valence-corrected chi connectivity index (χ0v) is 13.2. The van der Waals surface area contributed by atoms with E-state index in [1.807, 2.05) is 12.3 Å². The number of nitrogens with zero attached hydrogens (tertiary/aromatic N) is 4. The molecule has 0 saturated carbocycles. The second kappa shape index (κ2) is 5.97. The third-order valence-corrected chi connectivity index (χ3v) is 5.07. The lowest BCUT2D eigenvalue weighted by Crippen LogP contribution is -2.32. The van der Waals surface area contributed by atoms with Gasteiger partial charge in [-0.3, -0.25) is 4.90 Å². The van der Waals surface area contributed by atoms with E-state index in [-0.39, 0.29) is 0 Å². The van der Waals surface area contributed by atoms with Crippen LogP contribution in [0.2, 0.25) is 0 Å². The van der Waals surface area contributed by atoms with Gasteiger partial charge in [-0.25, -0.2) is 9.97 Å². The average Bonchev–Trinajstić information content (AvgIpc) is 3.17. The van der Waals surface area contributed by atoms with Gasteiger partial charge in [0.05, 0.1) is 12.6 Å². The Morgan fingerprint density at radius 3 is 3.09 bits per heavy atom. The van der Waals surface area contributed by atoms with Crippen molar-refractivity contribution >= 4 is 11.2 Å². The molecule has 2 aliphatic rings. The summed E-state index contributed by atoms with van der Waals surface area (Å²) in [4.78, 5) is 12.0. The smallest absolute Gasteiger partial charge is 0.160 e. The van der Waals surface area contributed by atoms with Crippen molar-refractivity contribution in [2.45, 2.75) is 38.3 Å². The van der Waals surface area contributed by atoms with Crippen LogP contribution in [0.4, 0.5) is 0 Å². The number of imidazole rings is 1. The first-order valence-corrected chi connectivity index (χ1v) is 8.42. The number of pyridine rings is 1. The molecule has 4 rings (SSSR count). The second-order valence-corrected chi connectivity index (χ2v) is 6.65. The molecule has 0 amide bonds. The highest BCUT2D eigenvalue weighted by molar-refractivity contribution is 5.71. The molecule has 0 aromatic carbocycles. The van der Waals surface area contributed by atoms with Gasteiger partial charge in [0.25, 0.3) is 0 Å². The number of hydrogen-bond donors (Lipinski definition) is 0. The van der Waals surface area contributed by atoms with Crippen molar-refractivity contribution in [1.82, 2.24) is 19.4 Å². The molecule has 2 unspecified atom stereocenters. The third-order valence-electron chi connectivity index (χ3n) is 5.07. The van der Waals surface area contributed by atoms with Crippen LogP contribution in [-0.2, 0) is 11.3 Å². The summed E-state index contributed by atoms with van der Waals surface area (Å²) in [5, 5.41) is 0. The number of aromatic nitrogens is 3. The van der Waals surface area contributed by atoms with Crippen LogP contribution in [0.15, 0.2) is 18.3 Å². The third kappa shape index (κ3) is 2.52. The van der Waals surface area contributed by atoms with Gasteiger partial charge in [-0.05, 0) is 45.0 Å². The molecule has 2 saturated heterocycles. The van der Waals surface area contributed by atoms with Crippen LogP contribution in [0.5, 0.6) is 0 Å². The highest BCUT2D eigenvalue weighted by Crippen LogP contribution is 2.32. The molecule has 2 fully saturated rings. The summed E-state index contributed by atoms with van der Waals surface area (Å²) >= 11 is 0. The van der Waals surface area contributed by atoms with Gasteiger partial charge in [-0.15, -0.1) is 0 Å². The van der Waals surface area contributed by atoms with Crippen molar-refractivity contribution in [2.75, 3.05) is 26.8 Å². The quantitative estimate of drug-likeness (QED) is 0.874. The summed E-state index contributed by atoms with van der Waals surface area (Å²) in [6, 6.07) is 4.48. The molecule has 0 spiro atoms. The van der Waals surface area contributed by atoms with Gasteiger partial charge in [0.15, 0.2) is 5.65 Å². The maximum Gasteiger partial charge on any atom is 0.160 e.